The van der Waals surface area contributed by atoms with Gasteiger partial charge in [0.15, 0.2) is 0 Å². The van der Waals surface area contributed by atoms with E-state index in [-0.39, 0.29) is 0 Å². The first-order valence-electron chi connectivity index (χ1n) is 2.63. The molecular weight excluding hydrogens is 104 g/mol. The molecule has 0 aliphatic carbocycles. The molecule has 0 radical (unpaired) electrons. The largest absolute Gasteiger partial charge is 0.499 e. The number of ether oxygens (including phenoxy) is 2. The third-order valence-corrected chi connectivity index (χ3v) is 0.638. The first-order valence-corrected chi connectivity index (χ1v) is 2.63. The SMILES string of the molecule is C/C=C/OCCOC. The van der Waals surface area contributed by atoms with Gasteiger partial charge in [-0.2, -0.15) is 0 Å². The van der Waals surface area contributed by atoms with E-state index >= 15 is 0 Å². The van der Waals surface area contributed by atoms with E-state index in [0.717, 1.165) is 0 Å². The summed E-state index contributed by atoms with van der Waals surface area (Å²) in [5.74, 6) is 0. The molecule has 0 amide bonds. The van der Waals surface area contributed by atoms with Crippen molar-refractivity contribution in [1.29, 1.82) is 0 Å². The van der Waals surface area contributed by atoms with Gasteiger partial charge in [0.1, 0.15) is 6.61 Å². The normalized spacial score (nSPS) is 10.2. The molecule has 0 atom stereocenters. The van der Waals surface area contributed by atoms with Crippen molar-refractivity contribution in [2.24, 2.45) is 0 Å². The highest BCUT2D eigenvalue weighted by atomic mass is 16.5. The van der Waals surface area contributed by atoms with Gasteiger partial charge < -0.3 is 9.47 Å². The average molecular weight is 116 g/mol. The van der Waals surface area contributed by atoms with Crippen LogP contribution >= 0.6 is 0 Å². The number of methoxy groups -OCH3 is 1. The van der Waals surface area contributed by atoms with Gasteiger partial charge in [-0.15, -0.1) is 0 Å². The van der Waals surface area contributed by atoms with E-state index in [1.165, 1.54) is 0 Å². The van der Waals surface area contributed by atoms with Gasteiger partial charge in [0, 0.05) is 7.11 Å². The number of hydrogen-bond donors (Lipinski definition) is 0. The minimum atomic E-state index is 0.640. The van der Waals surface area contributed by atoms with Gasteiger partial charge in [-0.05, 0) is 6.92 Å². The Morgan fingerprint density at radius 2 is 2.12 bits per heavy atom. The van der Waals surface area contributed by atoms with E-state index < -0.39 is 0 Å². The van der Waals surface area contributed by atoms with Crippen molar-refractivity contribution in [2.75, 3.05) is 20.3 Å². The van der Waals surface area contributed by atoms with Gasteiger partial charge in [-0.25, -0.2) is 0 Å². The predicted molar refractivity (Wildman–Crippen MR) is 32.6 cm³/mol. The molecule has 0 aliphatic rings. The van der Waals surface area contributed by atoms with Crippen LogP contribution in [0.25, 0.3) is 0 Å². The molecule has 0 unspecified atom stereocenters. The van der Waals surface area contributed by atoms with Crippen LogP contribution in [-0.2, 0) is 9.47 Å². The molecule has 2 nitrogen and oxygen atoms in total. The van der Waals surface area contributed by atoms with E-state index in [9.17, 15) is 0 Å². The maximum atomic E-state index is 4.92. The van der Waals surface area contributed by atoms with Crippen LogP contribution < -0.4 is 0 Å². The minimum absolute atomic E-state index is 0.640. The van der Waals surface area contributed by atoms with Gasteiger partial charge in [0.2, 0.25) is 0 Å². The Morgan fingerprint density at radius 1 is 1.38 bits per heavy atom. The Kier molecular flexibility index (Phi) is 6.09. The molecule has 0 saturated heterocycles. The molecule has 0 aromatic heterocycles. The summed E-state index contributed by atoms with van der Waals surface area (Å²) >= 11 is 0. The van der Waals surface area contributed by atoms with Crippen molar-refractivity contribution in [1.82, 2.24) is 0 Å². The highest BCUT2D eigenvalue weighted by Crippen LogP contribution is 1.76. The summed E-state index contributed by atoms with van der Waals surface area (Å²) in [6.07, 6.45) is 3.49. The zero-order valence-corrected chi connectivity index (χ0v) is 5.39. The van der Waals surface area contributed by atoms with Gasteiger partial charge in [-0.3, -0.25) is 0 Å². The van der Waals surface area contributed by atoms with E-state index in [1.54, 1.807) is 13.4 Å². The highest BCUT2D eigenvalue weighted by Gasteiger charge is 1.76. The lowest BCUT2D eigenvalue weighted by atomic mass is 10.7. The maximum absolute atomic E-state index is 4.92. The molecule has 2 heteroatoms. The quantitative estimate of drug-likeness (QED) is 0.405. The van der Waals surface area contributed by atoms with E-state index in [0.29, 0.717) is 13.2 Å². The first-order chi connectivity index (χ1) is 3.91. The number of rotatable bonds is 4. The summed E-state index contributed by atoms with van der Waals surface area (Å²) in [5, 5.41) is 0. The van der Waals surface area contributed by atoms with Crippen molar-refractivity contribution in [3.05, 3.63) is 12.3 Å². The van der Waals surface area contributed by atoms with Crippen molar-refractivity contribution in [3.63, 3.8) is 0 Å². The zero-order valence-electron chi connectivity index (χ0n) is 5.39. The smallest absolute Gasteiger partial charge is 0.111 e. The number of hydrogen-bond acceptors (Lipinski definition) is 2. The molecule has 8 heavy (non-hydrogen) atoms. The summed E-state index contributed by atoms with van der Waals surface area (Å²) < 4.78 is 9.65. The van der Waals surface area contributed by atoms with Gasteiger partial charge in [0.25, 0.3) is 0 Å². The second-order valence-electron chi connectivity index (χ2n) is 1.33. The van der Waals surface area contributed by atoms with Gasteiger partial charge >= 0.3 is 0 Å². The molecule has 0 bridgehead atoms. The molecule has 0 rings (SSSR count). The second-order valence-corrected chi connectivity index (χ2v) is 1.33. The fraction of sp³-hybridized carbons (Fsp3) is 0.667. The Morgan fingerprint density at radius 3 is 2.62 bits per heavy atom. The Bertz CT molecular complexity index is 59.5. The monoisotopic (exact) mass is 116 g/mol. The van der Waals surface area contributed by atoms with E-state index in [2.05, 4.69) is 0 Å². The van der Waals surface area contributed by atoms with Crippen molar-refractivity contribution >= 4 is 0 Å². The summed E-state index contributed by atoms with van der Waals surface area (Å²) in [4.78, 5) is 0. The molecule has 0 heterocycles. The third kappa shape index (κ3) is 5.50. The summed E-state index contributed by atoms with van der Waals surface area (Å²) in [5.41, 5.74) is 0. The summed E-state index contributed by atoms with van der Waals surface area (Å²) in [6, 6.07) is 0. The fourth-order valence-corrected chi connectivity index (χ4v) is 0.296. The Hall–Kier alpha value is -0.500. The predicted octanol–water partition coefficient (Wildman–Crippen LogP) is 1.18. The maximum Gasteiger partial charge on any atom is 0.111 e. The van der Waals surface area contributed by atoms with Crippen LogP contribution in [0.3, 0.4) is 0 Å². The van der Waals surface area contributed by atoms with Crippen LogP contribution in [0.5, 0.6) is 0 Å². The van der Waals surface area contributed by atoms with E-state index in [1.807, 2.05) is 13.0 Å². The molecule has 48 valence electrons. The average Bonchev–Trinajstić information content (AvgIpc) is 1.81. The third-order valence-electron chi connectivity index (χ3n) is 0.638. The van der Waals surface area contributed by atoms with Gasteiger partial charge in [0.05, 0.1) is 12.9 Å². The van der Waals surface area contributed by atoms with Crippen LogP contribution in [0.2, 0.25) is 0 Å². The molecule has 0 saturated carbocycles. The van der Waals surface area contributed by atoms with Crippen LogP contribution in [0.4, 0.5) is 0 Å². The van der Waals surface area contributed by atoms with Crippen molar-refractivity contribution < 1.29 is 9.47 Å². The van der Waals surface area contributed by atoms with Crippen molar-refractivity contribution in [3.8, 4) is 0 Å². The summed E-state index contributed by atoms with van der Waals surface area (Å²) in [6.45, 7) is 3.21. The standard InChI is InChI=1S/C6H12O2/c1-3-4-8-6-5-7-2/h3-4H,5-6H2,1-2H3/b4-3+. The lowest BCUT2D eigenvalue weighted by Crippen LogP contribution is -1.96. The Labute approximate surface area is 50.1 Å². The molecule has 0 N–H and O–H groups in total. The van der Waals surface area contributed by atoms with Crippen LogP contribution in [0, 0.1) is 0 Å². The first kappa shape index (κ1) is 7.50. The van der Waals surface area contributed by atoms with Gasteiger partial charge in [-0.1, -0.05) is 6.08 Å². The molecule has 0 aromatic rings. The lowest BCUT2D eigenvalue weighted by Gasteiger charge is -1.96. The van der Waals surface area contributed by atoms with Crippen LogP contribution in [0.15, 0.2) is 12.3 Å². The van der Waals surface area contributed by atoms with Crippen molar-refractivity contribution in [2.45, 2.75) is 6.92 Å². The number of allylic oxidation sites excluding steroid dienone is 1. The van der Waals surface area contributed by atoms with E-state index in [4.69, 9.17) is 9.47 Å². The molecule has 0 aliphatic heterocycles. The van der Waals surface area contributed by atoms with Crippen LogP contribution in [0.1, 0.15) is 6.92 Å². The summed E-state index contributed by atoms with van der Waals surface area (Å²) in [7, 11) is 1.65. The molecular formula is C6H12O2. The Balaban J connectivity index is 2.72. The molecule has 0 aromatic carbocycles. The minimum Gasteiger partial charge on any atom is -0.499 e. The second kappa shape index (κ2) is 6.50. The fourth-order valence-electron chi connectivity index (χ4n) is 0.296. The topological polar surface area (TPSA) is 18.5 Å². The van der Waals surface area contributed by atoms with Crippen LogP contribution in [-0.4, -0.2) is 20.3 Å². The molecule has 0 fully saturated rings. The lowest BCUT2D eigenvalue weighted by molar-refractivity contribution is 0.123. The highest BCUT2D eigenvalue weighted by molar-refractivity contribution is 4.64. The molecule has 0 spiro atoms. The zero-order chi connectivity index (χ0) is 6.24.